The van der Waals surface area contributed by atoms with E-state index in [4.69, 9.17) is 0 Å². The number of hydrogen-bond acceptors (Lipinski definition) is 3. The van der Waals surface area contributed by atoms with Crippen molar-refractivity contribution in [1.82, 2.24) is 10.2 Å². The number of thiophene rings is 1. The number of carbonyl (C=O) groups is 1. The van der Waals surface area contributed by atoms with E-state index < -0.39 is 0 Å². The number of rotatable bonds is 3. The van der Waals surface area contributed by atoms with E-state index in [2.05, 4.69) is 22.1 Å². The Morgan fingerprint density at radius 2 is 2.53 bits per heavy atom. The van der Waals surface area contributed by atoms with Crippen molar-refractivity contribution in [3.63, 3.8) is 0 Å². The highest BCUT2D eigenvalue weighted by atomic mass is 32.1. The molecule has 1 aromatic heterocycles. The van der Waals surface area contributed by atoms with Crippen molar-refractivity contribution in [3.8, 4) is 0 Å². The predicted octanol–water partition coefficient (Wildman–Crippen LogP) is 1.11. The fraction of sp³-hybridized carbons (Fsp3) is 0.545. The van der Waals surface area contributed by atoms with Crippen LogP contribution < -0.4 is 5.32 Å². The minimum Gasteiger partial charge on any atom is -0.340 e. The van der Waals surface area contributed by atoms with Crippen LogP contribution in [0.15, 0.2) is 16.8 Å². The second-order valence-corrected chi connectivity index (χ2v) is 4.66. The molecule has 15 heavy (non-hydrogen) atoms. The molecule has 1 aromatic rings. The highest BCUT2D eigenvalue weighted by Crippen LogP contribution is 2.09. The molecule has 1 atom stereocenters. The van der Waals surface area contributed by atoms with Gasteiger partial charge >= 0.3 is 0 Å². The summed E-state index contributed by atoms with van der Waals surface area (Å²) in [5.74, 6) is 0.233. The van der Waals surface area contributed by atoms with Gasteiger partial charge in [0.2, 0.25) is 5.91 Å². The largest absolute Gasteiger partial charge is 0.340 e. The summed E-state index contributed by atoms with van der Waals surface area (Å²) >= 11 is 1.71. The number of amides is 1. The van der Waals surface area contributed by atoms with Crippen LogP contribution in [0.3, 0.4) is 0 Å². The molecule has 0 spiro atoms. The molecule has 2 heterocycles. The quantitative estimate of drug-likeness (QED) is 0.834. The second kappa shape index (κ2) is 4.77. The first kappa shape index (κ1) is 10.6. The van der Waals surface area contributed by atoms with Gasteiger partial charge in [-0.25, -0.2) is 0 Å². The van der Waals surface area contributed by atoms with Crippen molar-refractivity contribution in [1.29, 1.82) is 0 Å². The molecule has 0 aliphatic carbocycles. The highest BCUT2D eigenvalue weighted by molar-refractivity contribution is 7.07. The fourth-order valence-electron chi connectivity index (χ4n) is 1.81. The monoisotopic (exact) mass is 224 g/mol. The summed E-state index contributed by atoms with van der Waals surface area (Å²) in [5.41, 5.74) is 1.33. The predicted molar refractivity (Wildman–Crippen MR) is 62.1 cm³/mol. The first-order valence-electron chi connectivity index (χ1n) is 5.30. The van der Waals surface area contributed by atoms with Gasteiger partial charge in [-0.05, 0) is 35.7 Å². The van der Waals surface area contributed by atoms with Gasteiger partial charge in [-0.3, -0.25) is 4.79 Å². The first-order valence-corrected chi connectivity index (χ1v) is 6.25. The van der Waals surface area contributed by atoms with Gasteiger partial charge in [0.15, 0.2) is 0 Å². The van der Waals surface area contributed by atoms with Crippen LogP contribution in [0.25, 0.3) is 0 Å². The Morgan fingerprint density at radius 1 is 1.67 bits per heavy atom. The van der Waals surface area contributed by atoms with E-state index in [9.17, 15) is 4.79 Å². The zero-order chi connectivity index (χ0) is 10.7. The Morgan fingerprint density at radius 3 is 3.27 bits per heavy atom. The molecule has 1 amide bonds. The van der Waals surface area contributed by atoms with E-state index in [-0.39, 0.29) is 11.9 Å². The second-order valence-electron chi connectivity index (χ2n) is 3.88. The molecule has 1 saturated heterocycles. The molecular formula is C11H16N2OS. The Kier molecular flexibility index (Phi) is 3.38. The summed E-state index contributed by atoms with van der Waals surface area (Å²) in [5, 5.41) is 7.40. The van der Waals surface area contributed by atoms with E-state index in [0.29, 0.717) is 0 Å². The number of carbonyl (C=O) groups excluding carboxylic acids is 1. The van der Waals surface area contributed by atoms with Crippen LogP contribution in [0.1, 0.15) is 12.5 Å². The summed E-state index contributed by atoms with van der Waals surface area (Å²) in [4.78, 5) is 13.7. The molecule has 0 aromatic carbocycles. The molecule has 1 unspecified atom stereocenters. The normalized spacial score (nSPS) is 22.1. The lowest BCUT2D eigenvalue weighted by molar-refractivity contribution is -0.135. The topological polar surface area (TPSA) is 32.3 Å². The van der Waals surface area contributed by atoms with Crippen LogP contribution in [0.4, 0.5) is 0 Å². The lowest BCUT2D eigenvalue weighted by Gasteiger charge is -2.31. The molecule has 82 valence electrons. The zero-order valence-electron chi connectivity index (χ0n) is 8.90. The Hall–Kier alpha value is -0.870. The molecule has 2 rings (SSSR count). The summed E-state index contributed by atoms with van der Waals surface area (Å²) < 4.78 is 0. The van der Waals surface area contributed by atoms with Gasteiger partial charge in [-0.15, -0.1) is 0 Å². The molecule has 1 N–H and O–H groups in total. The molecule has 0 radical (unpaired) electrons. The van der Waals surface area contributed by atoms with Crippen molar-refractivity contribution in [2.75, 3.05) is 19.6 Å². The van der Waals surface area contributed by atoms with Gasteiger partial charge in [0, 0.05) is 19.6 Å². The van der Waals surface area contributed by atoms with Crippen LogP contribution in [-0.4, -0.2) is 36.5 Å². The average Bonchev–Trinajstić information content (AvgIpc) is 2.73. The van der Waals surface area contributed by atoms with E-state index in [0.717, 1.165) is 26.1 Å². The number of nitrogens with one attached hydrogen (secondary N) is 1. The molecule has 1 aliphatic rings. The smallest absolute Gasteiger partial charge is 0.239 e. The Balaban J connectivity index is 1.86. The van der Waals surface area contributed by atoms with Crippen LogP contribution in [0.2, 0.25) is 0 Å². The Bertz CT molecular complexity index is 323. The van der Waals surface area contributed by atoms with Crippen molar-refractivity contribution in [3.05, 3.63) is 22.4 Å². The van der Waals surface area contributed by atoms with Crippen molar-refractivity contribution in [2.45, 2.75) is 19.4 Å². The maximum atomic E-state index is 11.8. The zero-order valence-corrected chi connectivity index (χ0v) is 9.72. The minimum absolute atomic E-state index is 0.0128. The van der Waals surface area contributed by atoms with Gasteiger partial charge in [0.05, 0.1) is 6.04 Å². The van der Waals surface area contributed by atoms with Crippen LogP contribution >= 0.6 is 11.3 Å². The molecule has 1 fully saturated rings. The number of hydrogen-bond donors (Lipinski definition) is 1. The lowest BCUT2D eigenvalue weighted by Crippen LogP contribution is -2.54. The van der Waals surface area contributed by atoms with Crippen molar-refractivity contribution < 1.29 is 4.79 Å². The fourth-order valence-corrected chi connectivity index (χ4v) is 2.51. The highest BCUT2D eigenvalue weighted by Gasteiger charge is 2.23. The molecular weight excluding hydrogens is 208 g/mol. The number of nitrogens with zero attached hydrogens (tertiary/aromatic N) is 1. The van der Waals surface area contributed by atoms with Crippen molar-refractivity contribution >= 4 is 17.2 Å². The standard InChI is InChI=1S/C11H16N2OS/c1-9-11(14)13(6-4-12-9)5-2-10-3-7-15-8-10/h3,7-9,12H,2,4-6H2,1H3. The van der Waals surface area contributed by atoms with Crippen LogP contribution in [0, 0.1) is 0 Å². The minimum atomic E-state index is -0.0128. The lowest BCUT2D eigenvalue weighted by atomic mass is 10.2. The van der Waals surface area contributed by atoms with Gasteiger partial charge in [-0.1, -0.05) is 0 Å². The maximum Gasteiger partial charge on any atom is 0.239 e. The SMILES string of the molecule is CC1NCCN(CCc2ccsc2)C1=O. The summed E-state index contributed by atoms with van der Waals surface area (Å²) in [7, 11) is 0. The molecule has 3 nitrogen and oxygen atoms in total. The van der Waals surface area contributed by atoms with E-state index in [1.807, 2.05) is 11.8 Å². The van der Waals surface area contributed by atoms with Gasteiger partial charge in [-0.2, -0.15) is 11.3 Å². The van der Waals surface area contributed by atoms with Crippen molar-refractivity contribution in [2.24, 2.45) is 0 Å². The average molecular weight is 224 g/mol. The first-order chi connectivity index (χ1) is 7.27. The number of piperazine rings is 1. The van der Waals surface area contributed by atoms with E-state index in [1.165, 1.54) is 5.56 Å². The van der Waals surface area contributed by atoms with E-state index >= 15 is 0 Å². The molecule has 0 saturated carbocycles. The molecule has 4 heteroatoms. The molecule has 1 aliphatic heterocycles. The maximum absolute atomic E-state index is 11.8. The van der Waals surface area contributed by atoms with E-state index in [1.54, 1.807) is 11.3 Å². The van der Waals surface area contributed by atoms with Gasteiger partial charge in [0.1, 0.15) is 0 Å². The van der Waals surface area contributed by atoms with Gasteiger partial charge < -0.3 is 10.2 Å². The summed E-state index contributed by atoms with van der Waals surface area (Å²) in [6.45, 7) is 4.53. The van der Waals surface area contributed by atoms with Crippen LogP contribution in [0.5, 0.6) is 0 Å². The third-order valence-corrected chi connectivity index (χ3v) is 3.50. The Labute approximate surface area is 94.1 Å². The third kappa shape index (κ3) is 2.58. The summed E-state index contributed by atoms with van der Waals surface area (Å²) in [6.07, 6.45) is 0.974. The summed E-state index contributed by atoms with van der Waals surface area (Å²) in [6, 6.07) is 2.11. The molecule has 0 bridgehead atoms. The van der Waals surface area contributed by atoms with Gasteiger partial charge in [0.25, 0.3) is 0 Å². The third-order valence-electron chi connectivity index (χ3n) is 2.76. The van der Waals surface area contributed by atoms with Crippen LogP contribution in [-0.2, 0) is 11.2 Å².